The van der Waals surface area contributed by atoms with E-state index in [-0.39, 0.29) is 17.1 Å². The Morgan fingerprint density at radius 1 is 1.12 bits per heavy atom. The van der Waals surface area contributed by atoms with Crippen molar-refractivity contribution in [3.05, 3.63) is 45.2 Å². The first kappa shape index (κ1) is 23.9. The molecular weight excluding hydrogens is 484 g/mol. The fourth-order valence-corrected chi connectivity index (χ4v) is 6.12. The molecule has 4 rings (SSSR count). The van der Waals surface area contributed by atoms with Crippen molar-refractivity contribution >= 4 is 27.6 Å². The van der Waals surface area contributed by atoms with Crippen molar-refractivity contribution in [2.45, 2.75) is 52.4 Å². The summed E-state index contributed by atoms with van der Waals surface area (Å²) in [5, 5.41) is 3.44. The maximum atomic E-state index is 13.8. The lowest BCUT2D eigenvalue weighted by Crippen LogP contribution is -2.46. The Labute approximate surface area is 204 Å². The van der Waals surface area contributed by atoms with Gasteiger partial charge in [0.2, 0.25) is 0 Å². The van der Waals surface area contributed by atoms with Crippen molar-refractivity contribution in [2.24, 2.45) is 11.3 Å². The molecule has 1 N–H and O–H groups in total. The smallest absolute Gasteiger partial charge is 0.252 e. The van der Waals surface area contributed by atoms with Crippen LogP contribution in [0.25, 0.3) is 0 Å². The average Bonchev–Trinajstić information content (AvgIpc) is 2.76. The van der Waals surface area contributed by atoms with E-state index in [2.05, 4.69) is 41.2 Å². The topological polar surface area (TPSA) is 67.9 Å². The molecule has 1 aromatic rings. The summed E-state index contributed by atoms with van der Waals surface area (Å²) in [6.45, 7) is 7.61. The van der Waals surface area contributed by atoms with Crippen molar-refractivity contribution in [1.82, 2.24) is 10.2 Å². The molecule has 2 heterocycles. The van der Waals surface area contributed by atoms with Crippen LogP contribution in [0.3, 0.4) is 0 Å². The Hall–Kier alpha value is -2.28. The highest BCUT2D eigenvalue weighted by molar-refractivity contribution is 9.10. The van der Waals surface area contributed by atoms with Gasteiger partial charge in [0.25, 0.3) is 5.91 Å². The van der Waals surface area contributed by atoms with E-state index in [9.17, 15) is 9.59 Å². The number of benzene rings is 1. The molecule has 0 radical (unpaired) electrons. The summed E-state index contributed by atoms with van der Waals surface area (Å²) in [6.07, 6.45) is 5.78. The maximum absolute atomic E-state index is 13.8. The molecule has 1 amide bonds. The summed E-state index contributed by atoms with van der Waals surface area (Å²) < 4.78 is 11.8. The number of nitrogens with zero attached hydrogens (tertiary/aromatic N) is 1. The first-order valence-corrected chi connectivity index (χ1v) is 12.4. The molecule has 0 aromatic heterocycles. The van der Waals surface area contributed by atoms with Gasteiger partial charge in [-0.25, -0.2) is 0 Å². The standard InChI is InChI=1S/C26H33BrN2O4/c1-15-21(25(31)29-9-7-6-8-10-29)22(16-11-17(27)24(33-5)20(12-16)32-4)23-18(28-15)13-26(2,3)14-19(23)30/h11-13,22-23,28H,6-10,14H2,1-5H3. The van der Waals surface area contributed by atoms with Crippen LogP contribution in [0.5, 0.6) is 11.5 Å². The third kappa shape index (κ3) is 4.44. The van der Waals surface area contributed by atoms with Crippen molar-refractivity contribution in [1.29, 1.82) is 0 Å². The van der Waals surface area contributed by atoms with Gasteiger partial charge < -0.3 is 19.7 Å². The number of hydrogen-bond donors (Lipinski definition) is 1. The predicted octanol–water partition coefficient (Wildman–Crippen LogP) is 4.94. The molecule has 3 aliphatic rings. The molecule has 1 aromatic carbocycles. The number of halogens is 1. The fraction of sp³-hybridized carbons (Fsp3) is 0.538. The summed E-state index contributed by atoms with van der Waals surface area (Å²) in [5.41, 5.74) is 3.01. The summed E-state index contributed by atoms with van der Waals surface area (Å²) in [5.74, 6) is 0.496. The van der Waals surface area contributed by atoms with Crippen molar-refractivity contribution in [3.8, 4) is 11.5 Å². The number of amides is 1. The lowest BCUT2D eigenvalue weighted by molar-refractivity contribution is -0.129. The second kappa shape index (κ2) is 9.16. The average molecular weight is 517 g/mol. The van der Waals surface area contributed by atoms with Crippen LogP contribution in [0.2, 0.25) is 0 Å². The van der Waals surface area contributed by atoms with E-state index in [1.165, 1.54) is 0 Å². The third-order valence-corrected chi connectivity index (χ3v) is 7.52. The van der Waals surface area contributed by atoms with E-state index < -0.39 is 11.8 Å². The minimum Gasteiger partial charge on any atom is -0.493 e. The Kier molecular flexibility index (Phi) is 6.63. The minimum absolute atomic E-state index is 0.0206. The van der Waals surface area contributed by atoms with E-state index in [0.717, 1.165) is 53.8 Å². The second-order valence-corrected chi connectivity index (χ2v) is 10.8. The SMILES string of the molecule is COc1cc(C2C(C(=O)N3CCCCC3)=C(C)NC3=CC(C)(C)CC(=O)C32)cc(Br)c1OC. The van der Waals surface area contributed by atoms with Crippen LogP contribution >= 0.6 is 15.9 Å². The zero-order valence-corrected chi connectivity index (χ0v) is 21.7. The number of carbonyl (C=O) groups is 2. The Morgan fingerprint density at radius 2 is 1.82 bits per heavy atom. The predicted molar refractivity (Wildman–Crippen MR) is 131 cm³/mol. The molecule has 0 spiro atoms. The van der Waals surface area contributed by atoms with Gasteiger partial charge >= 0.3 is 0 Å². The highest BCUT2D eigenvalue weighted by Gasteiger charge is 2.46. The number of piperidine rings is 1. The van der Waals surface area contributed by atoms with Crippen LogP contribution in [-0.4, -0.2) is 43.9 Å². The van der Waals surface area contributed by atoms with Gasteiger partial charge in [-0.05, 0) is 65.2 Å². The first-order chi connectivity index (χ1) is 15.7. The quantitative estimate of drug-likeness (QED) is 0.613. The minimum atomic E-state index is -0.435. The van der Waals surface area contributed by atoms with Crippen LogP contribution in [0.15, 0.2) is 39.6 Å². The highest BCUT2D eigenvalue weighted by atomic mass is 79.9. The summed E-state index contributed by atoms with van der Waals surface area (Å²) >= 11 is 3.60. The zero-order chi connectivity index (χ0) is 23.9. The van der Waals surface area contributed by atoms with Crippen molar-refractivity contribution in [3.63, 3.8) is 0 Å². The number of carbonyl (C=O) groups excluding carboxylic acids is 2. The second-order valence-electron chi connectivity index (χ2n) is 9.94. The van der Waals surface area contributed by atoms with E-state index in [4.69, 9.17) is 9.47 Å². The molecule has 1 saturated heterocycles. The molecule has 1 fully saturated rings. The number of fused-ring (bicyclic) bond motifs is 1. The van der Waals surface area contributed by atoms with Gasteiger partial charge in [0.05, 0.1) is 24.6 Å². The number of allylic oxidation sites excluding steroid dienone is 3. The largest absolute Gasteiger partial charge is 0.493 e. The molecule has 33 heavy (non-hydrogen) atoms. The van der Waals surface area contributed by atoms with Crippen molar-refractivity contribution < 1.29 is 19.1 Å². The summed E-state index contributed by atoms with van der Waals surface area (Å²) in [7, 11) is 3.19. The van der Waals surface area contributed by atoms with Gasteiger partial charge in [0.15, 0.2) is 11.5 Å². The highest BCUT2D eigenvalue weighted by Crippen LogP contribution is 2.49. The number of likely N-dealkylation sites (tertiary alicyclic amines) is 1. The molecular formula is C26H33BrN2O4. The van der Waals surface area contributed by atoms with E-state index >= 15 is 0 Å². The van der Waals surface area contributed by atoms with Crippen LogP contribution < -0.4 is 14.8 Å². The number of ketones is 1. The molecule has 0 saturated carbocycles. The lowest BCUT2D eigenvalue weighted by Gasteiger charge is -2.43. The Bertz CT molecular complexity index is 1040. The molecule has 6 nitrogen and oxygen atoms in total. The first-order valence-electron chi connectivity index (χ1n) is 11.6. The van der Waals surface area contributed by atoms with E-state index in [0.29, 0.717) is 23.5 Å². The monoisotopic (exact) mass is 516 g/mol. The number of methoxy groups -OCH3 is 2. The number of hydrogen-bond acceptors (Lipinski definition) is 5. The van der Waals surface area contributed by atoms with Crippen molar-refractivity contribution in [2.75, 3.05) is 27.3 Å². The van der Waals surface area contributed by atoms with Crippen LogP contribution in [0.4, 0.5) is 0 Å². The molecule has 178 valence electrons. The van der Waals surface area contributed by atoms with Gasteiger partial charge in [0.1, 0.15) is 5.78 Å². The third-order valence-electron chi connectivity index (χ3n) is 6.93. The maximum Gasteiger partial charge on any atom is 0.252 e. The summed E-state index contributed by atoms with van der Waals surface area (Å²) in [6, 6.07) is 3.86. The van der Waals surface area contributed by atoms with Gasteiger partial charge in [-0.1, -0.05) is 19.9 Å². The number of rotatable bonds is 4. The molecule has 2 atom stereocenters. The number of Topliss-reactive ketones (excluding diaryl/α,β-unsaturated/α-hetero) is 1. The van der Waals surface area contributed by atoms with Gasteiger partial charge in [-0.3, -0.25) is 9.59 Å². The molecule has 0 bridgehead atoms. The van der Waals surface area contributed by atoms with Crippen LogP contribution in [0, 0.1) is 11.3 Å². The molecule has 1 aliphatic carbocycles. The van der Waals surface area contributed by atoms with E-state index in [1.54, 1.807) is 14.2 Å². The van der Waals surface area contributed by atoms with E-state index in [1.807, 2.05) is 24.0 Å². The van der Waals surface area contributed by atoms with Crippen LogP contribution in [0.1, 0.15) is 57.9 Å². The van der Waals surface area contributed by atoms with Gasteiger partial charge in [0, 0.05) is 42.4 Å². The number of nitrogens with one attached hydrogen (secondary N) is 1. The Balaban J connectivity index is 1.90. The number of ether oxygens (including phenoxy) is 2. The zero-order valence-electron chi connectivity index (χ0n) is 20.1. The molecule has 7 heteroatoms. The molecule has 2 unspecified atom stereocenters. The molecule has 2 aliphatic heterocycles. The summed E-state index contributed by atoms with van der Waals surface area (Å²) in [4.78, 5) is 29.3. The fourth-order valence-electron chi connectivity index (χ4n) is 5.49. The Morgan fingerprint density at radius 3 is 2.45 bits per heavy atom. The van der Waals surface area contributed by atoms with Gasteiger partial charge in [-0.15, -0.1) is 0 Å². The lowest BCUT2D eigenvalue weighted by atomic mass is 9.66. The van der Waals surface area contributed by atoms with Gasteiger partial charge in [-0.2, -0.15) is 0 Å². The van der Waals surface area contributed by atoms with Crippen LogP contribution in [-0.2, 0) is 9.59 Å². The normalized spacial score (nSPS) is 24.6.